The first kappa shape index (κ1) is 16.7. The van der Waals surface area contributed by atoms with Gasteiger partial charge in [0.1, 0.15) is 0 Å². The Bertz CT molecular complexity index is 820. The summed E-state index contributed by atoms with van der Waals surface area (Å²) in [5.74, 6) is 0.506. The van der Waals surface area contributed by atoms with Gasteiger partial charge in [-0.2, -0.15) is 4.68 Å². The smallest absolute Gasteiger partial charge is 0.319 e. The van der Waals surface area contributed by atoms with Crippen molar-refractivity contribution < 1.29 is 4.79 Å². The van der Waals surface area contributed by atoms with Crippen LogP contribution in [-0.4, -0.2) is 39.3 Å². The number of anilines is 2. The van der Waals surface area contributed by atoms with Gasteiger partial charge >= 0.3 is 6.03 Å². The summed E-state index contributed by atoms with van der Waals surface area (Å²) in [7, 11) is 0. The number of urea groups is 1. The van der Waals surface area contributed by atoms with E-state index in [-0.39, 0.29) is 6.03 Å². The van der Waals surface area contributed by atoms with Crippen molar-refractivity contribution in [2.24, 2.45) is 0 Å². The van der Waals surface area contributed by atoms with Gasteiger partial charge in [0.15, 0.2) is 0 Å². The average molecular weight is 358 g/mol. The number of aromatic nitrogens is 4. The quantitative estimate of drug-likeness (QED) is 0.589. The van der Waals surface area contributed by atoms with Crippen LogP contribution in [0.4, 0.5) is 16.4 Å². The molecule has 1 heterocycles. The molecule has 8 nitrogen and oxygen atoms in total. The van der Waals surface area contributed by atoms with Gasteiger partial charge in [-0.25, -0.2) is 4.79 Å². The highest BCUT2D eigenvalue weighted by molar-refractivity contribution is 6.30. The molecule has 0 saturated heterocycles. The first-order chi connectivity index (χ1) is 12.2. The molecular weight excluding hydrogens is 342 g/mol. The summed E-state index contributed by atoms with van der Waals surface area (Å²) < 4.78 is 1.59. The number of carbonyl (C=O) groups excluding carboxylic acids is 1. The highest BCUT2D eigenvalue weighted by Crippen LogP contribution is 2.13. The predicted octanol–water partition coefficient (Wildman–Crippen LogP) is 2.55. The highest BCUT2D eigenvalue weighted by atomic mass is 35.5. The lowest BCUT2D eigenvalue weighted by atomic mass is 10.3. The molecule has 0 spiro atoms. The summed E-state index contributed by atoms with van der Waals surface area (Å²) in [5, 5.41) is 20.7. The minimum absolute atomic E-state index is 0.299. The molecule has 128 valence electrons. The molecule has 0 aliphatic rings. The van der Waals surface area contributed by atoms with Crippen LogP contribution in [0.25, 0.3) is 5.69 Å². The Kier molecular flexibility index (Phi) is 5.43. The zero-order valence-electron chi connectivity index (χ0n) is 13.2. The summed E-state index contributed by atoms with van der Waals surface area (Å²) in [4.78, 5) is 11.8. The number of hydrogen-bond acceptors (Lipinski definition) is 5. The molecule has 0 aliphatic carbocycles. The second-order valence-electron chi connectivity index (χ2n) is 5.06. The van der Waals surface area contributed by atoms with Crippen LogP contribution >= 0.6 is 11.6 Å². The predicted molar refractivity (Wildman–Crippen MR) is 96.1 cm³/mol. The van der Waals surface area contributed by atoms with Gasteiger partial charge in [-0.1, -0.05) is 34.9 Å². The summed E-state index contributed by atoms with van der Waals surface area (Å²) in [6, 6.07) is 16.1. The molecule has 0 atom stereocenters. The molecule has 0 radical (unpaired) electrons. The van der Waals surface area contributed by atoms with E-state index in [0.717, 1.165) is 5.69 Å². The van der Waals surface area contributed by atoms with Gasteiger partial charge in [0.25, 0.3) is 0 Å². The Labute approximate surface area is 149 Å². The van der Waals surface area contributed by atoms with Crippen molar-refractivity contribution in [2.45, 2.75) is 0 Å². The molecule has 3 rings (SSSR count). The monoisotopic (exact) mass is 357 g/mol. The maximum atomic E-state index is 11.8. The van der Waals surface area contributed by atoms with Crippen LogP contribution in [0.5, 0.6) is 0 Å². The number of nitrogens with zero attached hydrogens (tertiary/aromatic N) is 4. The first-order valence-electron chi connectivity index (χ1n) is 7.60. The van der Waals surface area contributed by atoms with Gasteiger partial charge in [-0.3, -0.25) is 0 Å². The summed E-state index contributed by atoms with van der Waals surface area (Å²) in [6.45, 7) is 0.877. The minimum atomic E-state index is -0.299. The maximum Gasteiger partial charge on any atom is 0.319 e. The lowest BCUT2D eigenvalue weighted by molar-refractivity contribution is 0.252. The van der Waals surface area contributed by atoms with Crippen molar-refractivity contribution in [1.82, 2.24) is 25.5 Å². The Morgan fingerprint density at radius 2 is 1.80 bits per heavy atom. The minimum Gasteiger partial charge on any atom is -0.351 e. The molecule has 1 aromatic heterocycles. The van der Waals surface area contributed by atoms with E-state index in [4.69, 9.17) is 11.6 Å². The van der Waals surface area contributed by atoms with Crippen molar-refractivity contribution in [3.8, 4) is 5.69 Å². The molecular formula is C16H16ClN7O. The van der Waals surface area contributed by atoms with E-state index < -0.39 is 0 Å². The fourth-order valence-electron chi connectivity index (χ4n) is 2.10. The second kappa shape index (κ2) is 8.11. The van der Waals surface area contributed by atoms with Crippen LogP contribution in [0.1, 0.15) is 0 Å². The van der Waals surface area contributed by atoms with Gasteiger partial charge in [0.2, 0.25) is 5.95 Å². The largest absolute Gasteiger partial charge is 0.351 e. The summed E-state index contributed by atoms with van der Waals surface area (Å²) >= 11 is 5.80. The van der Waals surface area contributed by atoms with Gasteiger partial charge < -0.3 is 16.0 Å². The fraction of sp³-hybridized carbons (Fsp3) is 0.125. The number of benzene rings is 2. The van der Waals surface area contributed by atoms with Gasteiger partial charge in [0, 0.05) is 23.8 Å². The third-order valence-corrected chi connectivity index (χ3v) is 3.52. The van der Waals surface area contributed by atoms with E-state index in [2.05, 4.69) is 31.5 Å². The molecule has 0 saturated carbocycles. The third kappa shape index (κ3) is 4.67. The topological polar surface area (TPSA) is 96.8 Å². The van der Waals surface area contributed by atoms with Crippen molar-refractivity contribution in [2.75, 3.05) is 23.7 Å². The number of nitrogens with one attached hydrogen (secondary N) is 3. The molecule has 3 N–H and O–H groups in total. The van der Waals surface area contributed by atoms with Gasteiger partial charge in [0.05, 0.1) is 5.69 Å². The fourth-order valence-corrected chi connectivity index (χ4v) is 2.23. The number of carbonyl (C=O) groups is 1. The molecule has 0 aliphatic heterocycles. The highest BCUT2D eigenvalue weighted by Gasteiger charge is 2.07. The molecule has 25 heavy (non-hydrogen) atoms. The number of tetrazole rings is 1. The summed E-state index contributed by atoms with van der Waals surface area (Å²) in [5.41, 5.74) is 1.52. The third-order valence-electron chi connectivity index (χ3n) is 3.27. The number of para-hydroxylation sites is 1. The zero-order chi connectivity index (χ0) is 17.5. The standard InChI is InChI=1S/C16H16ClN7O/c17-12-6-8-13(9-7-12)20-16(25)19-11-10-18-15-21-22-23-24(15)14-4-2-1-3-5-14/h1-9H,10-11H2,(H,18,21,23)(H2,19,20,25). The Morgan fingerprint density at radius 3 is 2.56 bits per heavy atom. The van der Waals surface area contributed by atoms with E-state index in [0.29, 0.717) is 29.7 Å². The molecule has 2 aromatic carbocycles. The molecule has 2 amide bonds. The van der Waals surface area contributed by atoms with Crippen molar-refractivity contribution in [1.29, 1.82) is 0 Å². The molecule has 0 bridgehead atoms. The van der Waals surface area contributed by atoms with E-state index in [1.807, 2.05) is 30.3 Å². The zero-order valence-corrected chi connectivity index (χ0v) is 13.9. The lowest BCUT2D eigenvalue weighted by Gasteiger charge is -2.09. The van der Waals surface area contributed by atoms with E-state index >= 15 is 0 Å². The van der Waals surface area contributed by atoms with E-state index in [1.165, 1.54) is 0 Å². The number of rotatable bonds is 6. The van der Waals surface area contributed by atoms with Crippen LogP contribution in [0.3, 0.4) is 0 Å². The van der Waals surface area contributed by atoms with Crippen LogP contribution in [-0.2, 0) is 0 Å². The lowest BCUT2D eigenvalue weighted by Crippen LogP contribution is -2.32. The Hall–Kier alpha value is -3.13. The van der Waals surface area contributed by atoms with Crippen LogP contribution in [0, 0.1) is 0 Å². The Morgan fingerprint density at radius 1 is 1.04 bits per heavy atom. The van der Waals surface area contributed by atoms with Crippen LogP contribution in [0.2, 0.25) is 5.02 Å². The van der Waals surface area contributed by atoms with Crippen LogP contribution in [0.15, 0.2) is 54.6 Å². The van der Waals surface area contributed by atoms with Gasteiger partial charge in [-0.05, 0) is 46.8 Å². The Balaban J connectivity index is 1.45. The first-order valence-corrected chi connectivity index (χ1v) is 7.98. The van der Waals surface area contributed by atoms with Crippen molar-refractivity contribution in [3.63, 3.8) is 0 Å². The van der Waals surface area contributed by atoms with Crippen molar-refractivity contribution in [3.05, 3.63) is 59.6 Å². The average Bonchev–Trinajstić information content (AvgIpc) is 3.10. The maximum absolute atomic E-state index is 11.8. The summed E-state index contributed by atoms with van der Waals surface area (Å²) in [6.07, 6.45) is 0. The molecule has 9 heteroatoms. The molecule has 3 aromatic rings. The molecule has 0 unspecified atom stereocenters. The SMILES string of the molecule is O=C(NCCNc1nnnn1-c1ccccc1)Nc1ccc(Cl)cc1. The van der Waals surface area contributed by atoms with E-state index in [1.54, 1.807) is 28.9 Å². The number of amides is 2. The van der Waals surface area contributed by atoms with Gasteiger partial charge in [-0.15, -0.1) is 0 Å². The normalized spacial score (nSPS) is 10.3. The number of halogens is 1. The second-order valence-corrected chi connectivity index (χ2v) is 5.50. The van der Waals surface area contributed by atoms with E-state index in [9.17, 15) is 4.79 Å². The molecule has 0 fully saturated rings. The van der Waals surface area contributed by atoms with Crippen LogP contribution < -0.4 is 16.0 Å². The number of hydrogen-bond donors (Lipinski definition) is 3. The van der Waals surface area contributed by atoms with Crippen molar-refractivity contribution >= 4 is 29.3 Å².